The minimum atomic E-state index is -0.0550. The Balaban J connectivity index is 1.95. The first-order valence-corrected chi connectivity index (χ1v) is 7.68. The van der Waals surface area contributed by atoms with Crippen LogP contribution < -0.4 is 0 Å². The van der Waals surface area contributed by atoms with E-state index in [0.717, 1.165) is 35.9 Å². The molecule has 0 radical (unpaired) electrons. The van der Waals surface area contributed by atoms with Crippen molar-refractivity contribution in [1.29, 1.82) is 0 Å². The highest BCUT2D eigenvalue weighted by molar-refractivity contribution is 9.10. The van der Waals surface area contributed by atoms with Crippen LogP contribution in [0.25, 0.3) is 0 Å². The zero-order chi connectivity index (χ0) is 12.1. The average Bonchev–Trinajstić information content (AvgIpc) is 2.38. The van der Waals surface area contributed by atoms with Crippen molar-refractivity contribution in [3.63, 3.8) is 0 Å². The number of benzene rings is 1. The summed E-state index contributed by atoms with van der Waals surface area (Å²) >= 11 is 7.04. The fourth-order valence-corrected chi connectivity index (χ4v) is 3.09. The lowest BCUT2D eigenvalue weighted by atomic mass is 9.96. The van der Waals surface area contributed by atoms with Gasteiger partial charge in [0.25, 0.3) is 0 Å². The SMILES string of the molecule is BrCC1(OCc2cccc(Br)c2)CCOCC1. The van der Waals surface area contributed by atoms with Gasteiger partial charge in [-0.15, -0.1) is 0 Å². The molecule has 1 heterocycles. The van der Waals surface area contributed by atoms with Crippen LogP contribution in [0.1, 0.15) is 18.4 Å². The smallest absolute Gasteiger partial charge is 0.0827 e. The summed E-state index contributed by atoms with van der Waals surface area (Å²) in [5, 5.41) is 0.872. The molecule has 1 fully saturated rings. The third kappa shape index (κ3) is 3.78. The molecular formula is C13H16Br2O2. The predicted molar refractivity (Wildman–Crippen MR) is 75.5 cm³/mol. The molecule has 2 nitrogen and oxygen atoms in total. The Labute approximate surface area is 119 Å². The molecule has 1 aromatic carbocycles. The molecule has 0 spiro atoms. The molecule has 0 atom stereocenters. The topological polar surface area (TPSA) is 18.5 Å². The number of hydrogen-bond donors (Lipinski definition) is 0. The second kappa shape index (κ2) is 6.32. The van der Waals surface area contributed by atoms with Gasteiger partial charge in [-0.3, -0.25) is 0 Å². The molecule has 0 aliphatic carbocycles. The molecular weight excluding hydrogens is 348 g/mol. The first kappa shape index (κ1) is 13.5. The quantitative estimate of drug-likeness (QED) is 0.755. The summed E-state index contributed by atoms with van der Waals surface area (Å²) in [5.41, 5.74) is 1.15. The van der Waals surface area contributed by atoms with E-state index in [-0.39, 0.29) is 5.60 Å². The molecule has 94 valence electrons. The lowest BCUT2D eigenvalue weighted by molar-refractivity contribution is -0.103. The molecule has 4 heteroatoms. The third-order valence-electron chi connectivity index (χ3n) is 3.08. The van der Waals surface area contributed by atoms with Crippen LogP contribution in [0.4, 0.5) is 0 Å². The normalized spacial score (nSPS) is 19.2. The maximum atomic E-state index is 6.11. The Kier molecular flexibility index (Phi) is 5.03. The van der Waals surface area contributed by atoms with E-state index >= 15 is 0 Å². The van der Waals surface area contributed by atoms with E-state index in [9.17, 15) is 0 Å². The summed E-state index contributed by atoms with van der Waals surface area (Å²) in [6.45, 7) is 2.25. The van der Waals surface area contributed by atoms with Crippen LogP contribution in [0.2, 0.25) is 0 Å². The van der Waals surface area contributed by atoms with Crippen LogP contribution in [-0.2, 0) is 16.1 Å². The minimum absolute atomic E-state index is 0.0550. The molecule has 1 saturated heterocycles. The molecule has 1 aliphatic heterocycles. The molecule has 0 bridgehead atoms. The second-order valence-electron chi connectivity index (χ2n) is 4.35. The summed E-state index contributed by atoms with van der Waals surface area (Å²) in [5.74, 6) is 0. The van der Waals surface area contributed by atoms with Crippen LogP contribution in [0, 0.1) is 0 Å². The summed E-state index contributed by atoms with van der Waals surface area (Å²) in [6, 6.07) is 8.25. The average molecular weight is 364 g/mol. The highest BCUT2D eigenvalue weighted by Crippen LogP contribution is 2.28. The maximum absolute atomic E-state index is 6.11. The van der Waals surface area contributed by atoms with Crippen LogP contribution in [0.5, 0.6) is 0 Å². The van der Waals surface area contributed by atoms with Gasteiger partial charge in [-0.1, -0.05) is 44.0 Å². The highest BCUT2D eigenvalue weighted by atomic mass is 79.9. The zero-order valence-corrected chi connectivity index (χ0v) is 12.8. The molecule has 0 saturated carbocycles. The van der Waals surface area contributed by atoms with Crippen LogP contribution in [-0.4, -0.2) is 24.1 Å². The lowest BCUT2D eigenvalue weighted by Gasteiger charge is -2.35. The van der Waals surface area contributed by atoms with Gasteiger partial charge in [0.15, 0.2) is 0 Å². The number of alkyl halides is 1. The molecule has 17 heavy (non-hydrogen) atoms. The third-order valence-corrected chi connectivity index (χ3v) is 4.60. The van der Waals surface area contributed by atoms with E-state index in [1.165, 1.54) is 5.56 Å². The number of rotatable bonds is 4. The summed E-state index contributed by atoms with van der Waals surface area (Å²) < 4.78 is 12.6. The fourth-order valence-electron chi connectivity index (χ4n) is 1.92. The Hall–Kier alpha value is 0.1000. The fraction of sp³-hybridized carbons (Fsp3) is 0.538. The summed E-state index contributed by atoms with van der Waals surface area (Å²) in [6.07, 6.45) is 1.93. The Morgan fingerprint density at radius 3 is 2.71 bits per heavy atom. The van der Waals surface area contributed by atoms with Gasteiger partial charge in [-0.05, 0) is 17.7 Å². The number of halogens is 2. The molecule has 1 aliphatic rings. The molecule has 0 amide bonds. The van der Waals surface area contributed by atoms with Gasteiger partial charge in [-0.25, -0.2) is 0 Å². The van der Waals surface area contributed by atoms with E-state index in [1.807, 2.05) is 12.1 Å². The monoisotopic (exact) mass is 362 g/mol. The Bertz CT molecular complexity index is 362. The molecule has 1 aromatic rings. The standard InChI is InChI=1S/C13H16Br2O2/c14-10-13(4-6-16-7-5-13)17-9-11-2-1-3-12(15)8-11/h1-3,8H,4-7,9-10H2. The highest BCUT2D eigenvalue weighted by Gasteiger charge is 2.32. The van der Waals surface area contributed by atoms with Crippen LogP contribution in [0.15, 0.2) is 28.7 Å². The molecule has 2 rings (SSSR count). The van der Waals surface area contributed by atoms with Gasteiger partial charge >= 0.3 is 0 Å². The predicted octanol–water partition coefficient (Wildman–Crippen LogP) is 3.91. The van der Waals surface area contributed by atoms with Gasteiger partial charge < -0.3 is 9.47 Å². The van der Waals surface area contributed by atoms with E-state index in [0.29, 0.717) is 6.61 Å². The van der Waals surface area contributed by atoms with Gasteiger partial charge in [0.1, 0.15) is 0 Å². The summed E-state index contributed by atoms with van der Waals surface area (Å²) in [4.78, 5) is 0. The van der Waals surface area contributed by atoms with Crippen molar-refractivity contribution in [2.24, 2.45) is 0 Å². The first-order valence-electron chi connectivity index (χ1n) is 5.76. The first-order chi connectivity index (χ1) is 8.24. The van der Waals surface area contributed by atoms with Crippen molar-refractivity contribution in [3.8, 4) is 0 Å². The maximum Gasteiger partial charge on any atom is 0.0827 e. The number of ether oxygens (including phenoxy) is 2. The largest absolute Gasteiger partial charge is 0.381 e. The van der Waals surface area contributed by atoms with Gasteiger partial charge in [0, 0.05) is 35.9 Å². The van der Waals surface area contributed by atoms with Crippen molar-refractivity contribution >= 4 is 31.9 Å². The van der Waals surface area contributed by atoms with Crippen molar-refractivity contribution in [1.82, 2.24) is 0 Å². The van der Waals surface area contributed by atoms with Gasteiger partial charge in [-0.2, -0.15) is 0 Å². The van der Waals surface area contributed by atoms with Crippen LogP contribution >= 0.6 is 31.9 Å². The van der Waals surface area contributed by atoms with Crippen LogP contribution in [0.3, 0.4) is 0 Å². The van der Waals surface area contributed by atoms with E-state index in [2.05, 4.69) is 44.0 Å². The minimum Gasteiger partial charge on any atom is -0.381 e. The van der Waals surface area contributed by atoms with Crippen molar-refractivity contribution in [2.75, 3.05) is 18.5 Å². The van der Waals surface area contributed by atoms with Gasteiger partial charge in [0.2, 0.25) is 0 Å². The molecule has 0 unspecified atom stereocenters. The summed E-state index contributed by atoms with van der Waals surface area (Å²) in [7, 11) is 0. The molecule has 0 N–H and O–H groups in total. The van der Waals surface area contributed by atoms with Crippen molar-refractivity contribution in [2.45, 2.75) is 25.0 Å². The second-order valence-corrected chi connectivity index (χ2v) is 5.82. The van der Waals surface area contributed by atoms with E-state index in [4.69, 9.17) is 9.47 Å². The lowest BCUT2D eigenvalue weighted by Crippen LogP contribution is -2.40. The van der Waals surface area contributed by atoms with Crippen molar-refractivity contribution in [3.05, 3.63) is 34.3 Å². The van der Waals surface area contributed by atoms with E-state index < -0.39 is 0 Å². The van der Waals surface area contributed by atoms with Gasteiger partial charge in [0.05, 0.1) is 12.2 Å². The van der Waals surface area contributed by atoms with E-state index in [1.54, 1.807) is 0 Å². The zero-order valence-electron chi connectivity index (χ0n) is 9.62. The Morgan fingerprint density at radius 2 is 2.06 bits per heavy atom. The molecule has 0 aromatic heterocycles. The van der Waals surface area contributed by atoms with Crippen molar-refractivity contribution < 1.29 is 9.47 Å². The Morgan fingerprint density at radius 1 is 1.29 bits per heavy atom. The number of hydrogen-bond acceptors (Lipinski definition) is 2.